The van der Waals surface area contributed by atoms with Gasteiger partial charge in [-0.05, 0) is 13.8 Å². The van der Waals surface area contributed by atoms with Crippen LogP contribution in [0.5, 0.6) is 5.75 Å². The first-order valence-electron chi connectivity index (χ1n) is 5.06. The van der Waals surface area contributed by atoms with Gasteiger partial charge in [0.15, 0.2) is 0 Å². The molecule has 0 unspecified atom stereocenters. The van der Waals surface area contributed by atoms with Crippen LogP contribution in [0.3, 0.4) is 0 Å². The summed E-state index contributed by atoms with van der Waals surface area (Å²) in [5, 5.41) is 0. The molecule has 6 nitrogen and oxygen atoms in total. The molecule has 0 radical (unpaired) electrons. The standard InChI is InChI=1S/C11H15NO5/c1-6-4-8(5-9(13)16-6)17-7(2)10(12)11(14)15-3/h4-5,7,10H,12H2,1-3H3/t7-,10-/m0/s1. The lowest BCUT2D eigenvalue weighted by Crippen LogP contribution is -2.44. The summed E-state index contributed by atoms with van der Waals surface area (Å²) in [5.41, 5.74) is 5.08. The Bertz CT molecular complexity index is 453. The third-order valence-electron chi connectivity index (χ3n) is 2.17. The maximum absolute atomic E-state index is 11.2. The lowest BCUT2D eigenvalue weighted by molar-refractivity contribution is -0.144. The van der Waals surface area contributed by atoms with Gasteiger partial charge in [0.2, 0.25) is 0 Å². The molecule has 1 rings (SSSR count). The Kier molecular flexibility index (Phi) is 4.28. The van der Waals surface area contributed by atoms with Gasteiger partial charge in [0.05, 0.1) is 13.2 Å². The number of hydrogen-bond donors (Lipinski definition) is 1. The van der Waals surface area contributed by atoms with E-state index in [1.165, 1.54) is 13.2 Å². The third kappa shape index (κ3) is 3.60. The summed E-state index contributed by atoms with van der Waals surface area (Å²) in [7, 11) is 1.25. The van der Waals surface area contributed by atoms with Crippen LogP contribution in [-0.2, 0) is 9.53 Å². The SMILES string of the molecule is COC(=O)[C@@H](N)[C@H](C)Oc1cc(C)oc(=O)c1. The molecule has 0 aromatic carbocycles. The summed E-state index contributed by atoms with van der Waals surface area (Å²) < 4.78 is 14.6. The minimum Gasteiger partial charge on any atom is -0.488 e. The highest BCUT2D eigenvalue weighted by Crippen LogP contribution is 2.12. The van der Waals surface area contributed by atoms with Gasteiger partial charge < -0.3 is 19.6 Å². The van der Waals surface area contributed by atoms with Gasteiger partial charge in [-0.25, -0.2) is 4.79 Å². The maximum Gasteiger partial charge on any atom is 0.339 e. The molecule has 2 N–H and O–H groups in total. The molecule has 0 aliphatic carbocycles. The molecule has 0 saturated heterocycles. The third-order valence-corrected chi connectivity index (χ3v) is 2.17. The van der Waals surface area contributed by atoms with Crippen LogP contribution in [0, 0.1) is 6.92 Å². The second-order valence-corrected chi connectivity index (χ2v) is 3.59. The molecule has 1 heterocycles. The summed E-state index contributed by atoms with van der Waals surface area (Å²) >= 11 is 0. The van der Waals surface area contributed by atoms with Crippen LogP contribution in [0.2, 0.25) is 0 Å². The van der Waals surface area contributed by atoms with Gasteiger partial charge in [0.25, 0.3) is 0 Å². The van der Waals surface area contributed by atoms with Crippen molar-refractivity contribution < 1.29 is 18.7 Å². The van der Waals surface area contributed by atoms with Crippen LogP contribution in [0.15, 0.2) is 21.3 Å². The highest BCUT2D eigenvalue weighted by Gasteiger charge is 2.23. The minimum atomic E-state index is -0.910. The quantitative estimate of drug-likeness (QED) is 0.758. The summed E-state index contributed by atoms with van der Waals surface area (Å²) in [6.45, 7) is 3.24. The number of ether oxygens (including phenoxy) is 2. The smallest absolute Gasteiger partial charge is 0.339 e. The summed E-state index contributed by atoms with van der Waals surface area (Å²) in [6.07, 6.45) is -0.608. The topological polar surface area (TPSA) is 91.8 Å². The average Bonchev–Trinajstić information content (AvgIpc) is 2.25. The average molecular weight is 241 g/mol. The second-order valence-electron chi connectivity index (χ2n) is 3.59. The van der Waals surface area contributed by atoms with Crippen molar-refractivity contribution in [3.05, 3.63) is 28.3 Å². The number of nitrogens with two attached hydrogens (primary N) is 1. The van der Waals surface area contributed by atoms with Crippen molar-refractivity contribution in [3.8, 4) is 5.75 Å². The van der Waals surface area contributed by atoms with Gasteiger partial charge in [0, 0.05) is 6.07 Å². The van der Waals surface area contributed by atoms with E-state index in [2.05, 4.69) is 4.74 Å². The van der Waals surface area contributed by atoms with Gasteiger partial charge >= 0.3 is 11.6 Å². The van der Waals surface area contributed by atoms with E-state index in [-0.39, 0.29) is 0 Å². The Hall–Kier alpha value is -1.82. The molecule has 0 saturated carbocycles. The van der Waals surface area contributed by atoms with E-state index in [1.54, 1.807) is 19.9 Å². The van der Waals surface area contributed by atoms with Gasteiger partial charge in [-0.3, -0.25) is 4.79 Å². The van der Waals surface area contributed by atoms with E-state index in [9.17, 15) is 9.59 Å². The second kappa shape index (κ2) is 5.49. The molecule has 6 heteroatoms. The highest BCUT2D eigenvalue weighted by molar-refractivity contribution is 5.76. The van der Waals surface area contributed by atoms with Crippen molar-refractivity contribution >= 4 is 5.97 Å². The molecule has 0 bridgehead atoms. The van der Waals surface area contributed by atoms with E-state index in [4.69, 9.17) is 14.9 Å². The summed E-state index contributed by atoms with van der Waals surface area (Å²) in [6, 6.07) is 1.82. The Morgan fingerprint density at radius 3 is 2.65 bits per heavy atom. The number of carbonyl (C=O) groups excluding carboxylic acids is 1. The fourth-order valence-electron chi connectivity index (χ4n) is 1.26. The van der Waals surface area contributed by atoms with Gasteiger partial charge in [-0.1, -0.05) is 0 Å². The van der Waals surface area contributed by atoms with Gasteiger partial charge in [-0.2, -0.15) is 0 Å². The van der Waals surface area contributed by atoms with Crippen molar-refractivity contribution in [2.45, 2.75) is 26.0 Å². The molecule has 17 heavy (non-hydrogen) atoms. The zero-order valence-corrected chi connectivity index (χ0v) is 9.93. The number of aryl methyl sites for hydroxylation is 1. The van der Waals surface area contributed by atoms with E-state index < -0.39 is 23.7 Å². The molecular formula is C11H15NO5. The molecule has 0 amide bonds. The molecule has 0 aliphatic heterocycles. The van der Waals surface area contributed by atoms with Crippen LogP contribution in [0.1, 0.15) is 12.7 Å². The first-order valence-corrected chi connectivity index (χ1v) is 5.06. The predicted octanol–water partition coefficient (Wildman–Crippen LogP) is 0.216. The van der Waals surface area contributed by atoms with Crippen molar-refractivity contribution in [1.82, 2.24) is 0 Å². The predicted molar refractivity (Wildman–Crippen MR) is 59.8 cm³/mol. The minimum absolute atomic E-state index is 0.311. The fourth-order valence-corrected chi connectivity index (χ4v) is 1.26. The van der Waals surface area contributed by atoms with Gasteiger partial charge in [0.1, 0.15) is 23.7 Å². The maximum atomic E-state index is 11.2. The lowest BCUT2D eigenvalue weighted by atomic mass is 10.2. The highest BCUT2D eigenvalue weighted by atomic mass is 16.5. The zero-order valence-electron chi connectivity index (χ0n) is 9.93. The van der Waals surface area contributed by atoms with Crippen LogP contribution in [0.4, 0.5) is 0 Å². The number of methoxy groups -OCH3 is 1. The fraction of sp³-hybridized carbons (Fsp3) is 0.455. The number of carbonyl (C=O) groups is 1. The van der Waals surface area contributed by atoms with Crippen molar-refractivity contribution in [2.24, 2.45) is 5.73 Å². The molecule has 2 atom stereocenters. The van der Waals surface area contributed by atoms with Crippen molar-refractivity contribution in [2.75, 3.05) is 7.11 Å². The van der Waals surface area contributed by atoms with E-state index in [0.717, 1.165) is 0 Å². The number of hydrogen-bond acceptors (Lipinski definition) is 6. The molecule has 0 aliphatic rings. The normalized spacial score (nSPS) is 13.9. The van der Waals surface area contributed by atoms with E-state index in [0.29, 0.717) is 11.5 Å². The van der Waals surface area contributed by atoms with Crippen LogP contribution < -0.4 is 16.1 Å². The van der Waals surface area contributed by atoms with Crippen LogP contribution in [-0.4, -0.2) is 25.2 Å². The summed E-state index contributed by atoms with van der Waals surface area (Å²) in [4.78, 5) is 22.3. The van der Waals surface area contributed by atoms with Gasteiger partial charge in [-0.15, -0.1) is 0 Å². The molecule has 0 spiro atoms. The molecule has 94 valence electrons. The Labute approximate surface area is 98.3 Å². The summed E-state index contributed by atoms with van der Waals surface area (Å²) in [5.74, 6) is 0.161. The molecule has 0 fully saturated rings. The monoisotopic (exact) mass is 241 g/mol. The number of esters is 1. The zero-order chi connectivity index (χ0) is 13.0. The van der Waals surface area contributed by atoms with Crippen molar-refractivity contribution in [1.29, 1.82) is 0 Å². The largest absolute Gasteiger partial charge is 0.488 e. The first-order chi connectivity index (χ1) is 7.93. The molecule has 1 aromatic heterocycles. The van der Waals surface area contributed by atoms with Crippen molar-refractivity contribution in [3.63, 3.8) is 0 Å². The lowest BCUT2D eigenvalue weighted by Gasteiger charge is -2.19. The van der Waals surface area contributed by atoms with E-state index >= 15 is 0 Å². The first kappa shape index (κ1) is 13.2. The Morgan fingerprint density at radius 2 is 2.12 bits per heavy atom. The van der Waals surface area contributed by atoms with Crippen LogP contribution >= 0.6 is 0 Å². The Morgan fingerprint density at radius 1 is 1.47 bits per heavy atom. The van der Waals surface area contributed by atoms with Crippen LogP contribution in [0.25, 0.3) is 0 Å². The molecular weight excluding hydrogens is 226 g/mol. The Balaban J connectivity index is 2.77. The number of rotatable bonds is 4. The molecule has 1 aromatic rings. The van der Waals surface area contributed by atoms with E-state index in [1.807, 2.05) is 0 Å².